The predicted molar refractivity (Wildman–Crippen MR) is 87.1 cm³/mol. The second-order valence-electron chi connectivity index (χ2n) is 6.75. The normalized spacial score (nSPS) is 27.3. The molecule has 1 aromatic rings. The number of rotatable bonds is 4. The molecule has 0 spiro atoms. The van der Waals surface area contributed by atoms with Gasteiger partial charge < -0.3 is 5.32 Å². The highest BCUT2D eigenvalue weighted by Crippen LogP contribution is 2.27. The average Bonchev–Trinajstić information content (AvgIpc) is 2.42. The molecule has 118 valence electrons. The van der Waals surface area contributed by atoms with Crippen LogP contribution in [0.3, 0.4) is 0 Å². The van der Waals surface area contributed by atoms with Gasteiger partial charge in [-0.3, -0.25) is 4.90 Å². The quantitative estimate of drug-likeness (QED) is 0.901. The SMILES string of the molecule is CCC1(C)CN(Cc2ccc(F)cc2Cl)C(C(C)C)CN1. The van der Waals surface area contributed by atoms with Crippen molar-refractivity contribution in [2.24, 2.45) is 5.92 Å². The van der Waals surface area contributed by atoms with Gasteiger partial charge in [-0.1, -0.05) is 38.4 Å². The van der Waals surface area contributed by atoms with Gasteiger partial charge in [-0.2, -0.15) is 0 Å². The van der Waals surface area contributed by atoms with E-state index in [-0.39, 0.29) is 11.4 Å². The van der Waals surface area contributed by atoms with Crippen LogP contribution < -0.4 is 5.32 Å². The topological polar surface area (TPSA) is 15.3 Å². The number of halogens is 2. The van der Waals surface area contributed by atoms with Crippen molar-refractivity contribution < 1.29 is 4.39 Å². The Morgan fingerprint density at radius 1 is 1.48 bits per heavy atom. The molecular weight excluding hydrogens is 287 g/mol. The summed E-state index contributed by atoms with van der Waals surface area (Å²) in [5, 5.41) is 4.20. The van der Waals surface area contributed by atoms with Crippen molar-refractivity contribution in [3.05, 3.63) is 34.6 Å². The van der Waals surface area contributed by atoms with Crippen LogP contribution in [0.1, 0.15) is 39.7 Å². The average molecular weight is 313 g/mol. The van der Waals surface area contributed by atoms with Crippen molar-refractivity contribution in [1.82, 2.24) is 10.2 Å². The van der Waals surface area contributed by atoms with Gasteiger partial charge in [0, 0.05) is 36.2 Å². The first-order valence-corrected chi connectivity index (χ1v) is 8.15. The van der Waals surface area contributed by atoms with E-state index in [2.05, 4.69) is 37.9 Å². The van der Waals surface area contributed by atoms with Gasteiger partial charge in [-0.25, -0.2) is 4.39 Å². The maximum Gasteiger partial charge on any atom is 0.124 e. The van der Waals surface area contributed by atoms with Gasteiger partial charge in [0.2, 0.25) is 0 Å². The summed E-state index contributed by atoms with van der Waals surface area (Å²) < 4.78 is 13.2. The van der Waals surface area contributed by atoms with E-state index >= 15 is 0 Å². The highest BCUT2D eigenvalue weighted by Gasteiger charge is 2.35. The molecule has 1 aliphatic heterocycles. The van der Waals surface area contributed by atoms with Gasteiger partial charge in [-0.05, 0) is 37.0 Å². The largest absolute Gasteiger partial charge is 0.309 e. The second kappa shape index (κ2) is 6.64. The Labute approximate surface area is 132 Å². The lowest BCUT2D eigenvalue weighted by Gasteiger charge is -2.47. The summed E-state index contributed by atoms with van der Waals surface area (Å²) in [7, 11) is 0. The number of hydrogen-bond donors (Lipinski definition) is 1. The van der Waals surface area contributed by atoms with Crippen LogP contribution in [-0.4, -0.2) is 29.6 Å². The molecule has 0 aromatic heterocycles. The van der Waals surface area contributed by atoms with Crippen LogP contribution in [0.4, 0.5) is 4.39 Å². The molecule has 1 aliphatic rings. The summed E-state index contributed by atoms with van der Waals surface area (Å²) in [5.74, 6) is 0.293. The fourth-order valence-electron chi connectivity index (χ4n) is 3.04. The lowest BCUT2D eigenvalue weighted by Crippen LogP contribution is -2.63. The maximum atomic E-state index is 13.2. The third kappa shape index (κ3) is 3.97. The number of piperazine rings is 1. The van der Waals surface area contributed by atoms with E-state index in [0.29, 0.717) is 17.0 Å². The molecule has 1 aromatic carbocycles. The molecule has 4 heteroatoms. The molecule has 2 atom stereocenters. The molecule has 2 unspecified atom stereocenters. The van der Waals surface area contributed by atoms with Crippen molar-refractivity contribution in [3.8, 4) is 0 Å². The highest BCUT2D eigenvalue weighted by molar-refractivity contribution is 6.31. The van der Waals surface area contributed by atoms with Crippen molar-refractivity contribution in [1.29, 1.82) is 0 Å². The minimum atomic E-state index is -0.275. The molecule has 0 aliphatic carbocycles. The third-order valence-electron chi connectivity index (χ3n) is 4.70. The van der Waals surface area contributed by atoms with Crippen molar-refractivity contribution in [3.63, 3.8) is 0 Å². The number of hydrogen-bond acceptors (Lipinski definition) is 2. The first kappa shape index (κ1) is 16.7. The predicted octanol–water partition coefficient (Wildman–Crippen LogP) is 4.08. The Kier molecular flexibility index (Phi) is 5.29. The Bertz CT molecular complexity index is 492. The van der Waals surface area contributed by atoms with Crippen LogP contribution in [0, 0.1) is 11.7 Å². The standard InChI is InChI=1S/C17H26ClFN2/c1-5-17(4)11-21(16(9-20-17)12(2)3)10-13-6-7-14(19)8-15(13)18/h6-8,12,16,20H,5,9-11H2,1-4H3. The Hall–Kier alpha value is -0.640. The first-order chi connectivity index (χ1) is 9.84. The molecule has 1 N–H and O–H groups in total. The van der Waals surface area contributed by atoms with Gasteiger partial charge >= 0.3 is 0 Å². The summed E-state index contributed by atoms with van der Waals surface area (Å²) >= 11 is 6.20. The van der Waals surface area contributed by atoms with E-state index in [1.165, 1.54) is 12.1 Å². The van der Waals surface area contributed by atoms with Gasteiger partial charge in [0.25, 0.3) is 0 Å². The number of nitrogens with one attached hydrogen (secondary N) is 1. The zero-order valence-electron chi connectivity index (χ0n) is 13.4. The summed E-state index contributed by atoms with van der Waals surface area (Å²) in [6.07, 6.45) is 1.09. The molecular formula is C17H26ClFN2. The molecule has 0 radical (unpaired) electrons. The third-order valence-corrected chi connectivity index (χ3v) is 5.05. The molecule has 1 saturated heterocycles. The molecule has 0 saturated carbocycles. The minimum Gasteiger partial charge on any atom is -0.309 e. The Balaban J connectivity index is 2.19. The van der Waals surface area contributed by atoms with Crippen molar-refractivity contribution >= 4 is 11.6 Å². The molecule has 1 heterocycles. The smallest absolute Gasteiger partial charge is 0.124 e. The van der Waals surface area contributed by atoms with Gasteiger partial charge in [0.15, 0.2) is 0 Å². The molecule has 0 amide bonds. The highest BCUT2D eigenvalue weighted by atomic mass is 35.5. The van der Waals surface area contributed by atoms with Crippen LogP contribution in [0.25, 0.3) is 0 Å². The molecule has 2 nitrogen and oxygen atoms in total. The fourth-order valence-corrected chi connectivity index (χ4v) is 3.26. The zero-order chi connectivity index (χ0) is 15.6. The minimum absolute atomic E-state index is 0.137. The Morgan fingerprint density at radius 3 is 2.76 bits per heavy atom. The van der Waals surface area contributed by atoms with Gasteiger partial charge in [-0.15, -0.1) is 0 Å². The fraction of sp³-hybridized carbons (Fsp3) is 0.647. The van der Waals surface area contributed by atoms with E-state index in [4.69, 9.17) is 11.6 Å². The number of benzene rings is 1. The summed E-state index contributed by atoms with van der Waals surface area (Å²) in [4.78, 5) is 2.49. The molecule has 1 fully saturated rings. The zero-order valence-corrected chi connectivity index (χ0v) is 14.2. The van der Waals surface area contributed by atoms with Crippen LogP contribution in [-0.2, 0) is 6.54 Å². The maximum absolute atomic E-state index is 13.2. The van der Waals surface area contributed by atoms with E-state index in [1.807, 2.05) is 0 Å². The van der Waals surface area contributed by atoms with Gasteiger partial charge in [0.1, 0.15) is 5.82 Å². The monoisotopic (exact) mass is 312 g/mol. The molecule has 2 rings (SSSR count). The van der Waals surface area contributed by atoms with Crippen LogP contribution in [0.2, 0.25) is 5.02 Å². The van der Waals surface area contributed by atoms with Crippen molar-refractivity contribution in [2.75, 3.05) is 13.1 Å². The van der Waals surface area contributed by atoms with E-state index in [1.54, 1.807) is 6.07 Å². The van der Waals surface area contributed by atoms with E-state index < -0.39 is 0 Å². The Morgan fingerprint density at radius 2 is 2.19 bits per heavy atom. The summed E-state index contributed by atoms with van der Waals surface area (Å²) in [6.45, 7) is 11.7. The lowest BCUT2D eigenvalue weighted by atomic mass is 9.89. The second-order valence-corrected chi connectivity index (χ2v) is 7.15. The van der Waals surface area contributed by atoms with Gasteiger partial charge in [0.05, 0.1) is 0 Å². The van der Waals surface area contributed by atoms with Crippen molar-refractivity contribution in [2.45, 2.75) is 52.2 Å². The van der Waals surface area contributed by atoms with E-state index in [0.717, 1.165) is 31.6 Å². The lowest BCUT2D eigenvalue weighted by molar-refractivity contribution is 0.0539. The first-order valence-electron chi connectivity index (χ1n) is 7.77. The van der Waals surface area contributed by atoms with Crippen LogP contribution in [0.15, 0.2) is 18.2 Å². The van der Waals surface area contributed by atoms with Crippen LogP contribution in [0.5, 0.6) is 0 Å². The molecule has 0 bridgehead atoms. The summed E-state index contributed by atoms with van der Waals surface area (Å²) in [6, 6.07) is 5.18. The number of nitrogens with zero attached hydrogens (tertiary/aromatic N) is 1. The van der Waals surface area contributed by atoms with E-state index in [9.17, 15) is 4.39 Å². The summed E-state index contributed by atoms with van der Waals surface area (Å²) in [5.41, 5.74) is 1.14. The molecule has 21 heavy (non-hydrogen) atoms. The van der Waals surface area contributed by atoms with Crippen LogP contribution >= 0.6 is 11.6 Å².